The van der Waals surface area contributed by atoms with Crippen molar-refractivity contribution in [2.24, 2.45) is 0 Å². The van der Waals surface area contributed by atoms with Crippen molar-refractivity contribution in [3.63, 3.8) is 0 Å². The van der Waals surface area contributed by atoms with E-state index in [2.05, 4.69) is 20.6 Å². The number of hydrogen-bond donors (Lipinski definition) is 5. The number of carbonyl (C=O) groups excluding carboxylic acids is 2. The van der Waals surface area contributed by atoms with E-state index < -0.39 is 52.7 Å². The van der Waals surface area contributed by atoms with Gasteiger partial charge < -0.3 is 31.3 Å². The van der Waals surface area contributed by atoms with Gasteiger partial charge in [-0.05, 0) is 63.2 Å². The predicted octanol–water partition coefficient (Wildman–Crippen LogP) is 4.45. The van der Waals surface area contributed by atoms with Crippen molar-refractivity contribution in [3.8, 4) is 17.0 Å². The molecule has 2 amide bonds. The van der Waals surface area contributed by atoms with E-state index >= 15 is 0 Å². The number of carbonyl (C=O) groups is 2. The molecule has 2 aromatic carbocycles. The van der Waals surface area contributed by atoms with Gasteiger partial charge in [0.15, 0.2) is 5.13 Å². The molecule has 0 spiro atoms. The van der Waals surface area contributed by atoms with Gasteiger partial charge in [-0.15, -0.1) is 0 Å². The topological polar surface area (TPSA) is 160 Å². The molecule has 244 valence electrons. The van der Waals surface area contributed by atoms with Crippen LogP contribution in [-0.2, 0) is 15.8 Å². The van der Waals surface area contributed by atoms with Crippen molar-refractivity contribution in [2.75, 3.05) is 25.4 Å². The lowest BCUT2D eigenvalue weighted by Gasteiger charge is -2.32. The Hall–Kier alpha value is -4.05. The number of aliphatic hydroxyl groups is 2. The van der Waals surface area contributed by atoms with Gasteiger partial charge in [0.25, 0.3) is 5.91 Å². The Morgan fingerprint density at radius 2 is 1.80 bits per heavy atom. The molecule has 4 aromatic rings. The summed E-state index contributed by atoms with van der Waals surface area (Å²) in [6.07, 6.45) is -5.39. The molecule has 0 unspecified atom stereocenters. The van der Waals surface area contributed by atoms with E-state index in [0.29, 0.717) is 10.2 Å². The molecule has 3 heterocycles. The highest BCUT2D eigenvalue weighted by molar-refractivity contribution is 7.22. The lowest BCUT2D eigenvalue weighted by atomic mass is 9.81. The van der Waals surface area contributed by atoms with Gasteiger partial charge in [-0.25, -0.2) is 14.4 Å². The second-order valence-electron chi connectivity index (χ2n) is 11.8. The van der Waals surface area contributed by atoms with Crippen molar-refractivity contribution < 1.29 is 42.1 Å². The minimum Gasteiger partial charge on any atom is -0.489 e. The Kier molecular flexibility index (Phi) is 8.43. The number of nitrogens with zero attached hydrogens (tertiary/aromatic N) is 2. The minimum atomic E-state index is -5.39. The van der Waals surface area contributed by atoms with Crippen LogP contribution < -0.4 is 21.1 Å². The number of aromatic nitrogens is 2. The summed E-state index contributed by atoms with van der Waals surface area (Å²) in [5.41, 5.74) is -1.75. The number of alkyl halides is 3. The van der Waals surface area contributed by atoms with Crippen LogP contribution in [0.5, 0.6) is 5.75 Å². The zero-order chi connectivity index (χ0) is 33.8. The lowest BCUT2D eigenvalue weighted by Crippen LogP contribution is -2.52. The van der Waals surface area contributed by atoms with E-state index in [9.17, 15) is 37.4 Å². The Bertz CT molecular complexity index is 1860. The Labute approximate surface area is 268 Å². The van der Waals surface area contributed by atoms with E-state index in [1.54, 1.807) is 0 Å². The average molecular weight is 682 g/mol. The lowest BCUT2D eigenvalue weighted by molar-refractivity contribution is -0.265. The van der Waals surface area contributed by atoms with Gasteiger partial charge in [0.2, 0.25) is 11.5 Å². The summed E-state index contributed by atoms with van der Waals surface area (Å²) in [5, 5.41) is 26.0. The van der Waals surface area contributed by atoms with E-state index in [4.69, 9.17) is 22.1 Å². The maximum Gasteiger partial charge on any atom is 0.424 e. The highest BCUT2D eigenvalue weighted by atomic mass is 35.5. The van der Waals surface area contributed by atoms with Gasteiger partial charge in [-0.3, -0.25) is 9.59 Å². The molecule has 16 heteroatoms. The molecule has 0 bridgehead atoms. The highest BCUT2D eigenvalue weighted by Crippen LogP contribution is 2.48. The minimum absolute atomic E-state index is 0.00585. The number of hydrogen-bond acceptors (Lipinski definition) is 9. The fourth-order valence-corrected chi connectivity index (χ4v) is 5.80. The molecule has 5 rings (SSSR count). The summed E-state index contributed by atoms with van der Waals surface area (Å²) in [6.45, 7) is 2.44. The molecule has 2 aromatic heterocycles. The van der Waals surface area contributed by atoms with E-state index in [1.165, 1.54) is 45.0 Å². The van der Waals surface area contributed by atoms with Crippen molar-refractivity contribution in [2.45, 2.75) is 43.6 Å². The third kappa shape index (κ3) is 6.19. The number of pyridine rings is 1. The highest BCUT2D eigenvalue weighted by Gasteiger charge is 2.58. The van der Waals surface area contributed by atoms with Crippen LogP contribution in [0.1, 0.15) is 42.4 Å². The number of nitrogens with one attached hydrogen (secondary N) is 2. The fourth-order valence-electron chi connectivity index (χ4n) is 4.84. The third-order valence-corrected chi connectivity index (χ3v) is 8.65. The van der Waals surface area contributed by atoms with Crippen LogP contribution in [0.2, 0.25) is 5.02 Å². The van der Waals surface area contributed by atoms with Crippen molar-refractivity contribution in [3.05, 3.63) is 70.1 Å². The summed E-state index contributed by atoms with van der Waals surface area (Å²) in [6, 6.07) is 8.44. The van der Waals surface area contributed by atoms with E-state index in [-0.39, 0.29) is 51.4 Å². The number of nitrogen functional groups attached to an aromatic ring is 1. The smallest absolute Gasteiger partial charge is 0.424 e. The van der Waals surface area contributed by atoms with Crippen LogP contribution in [-0.4, -0.2) is 63.5 Å². The van der Waals surface area contributed by atoms with Crippen LogP contribution in [0.3, 0.4) is 0 Å². The van der Waals surface area contributed by atoms with Crippen molar-refractivity contribution in [1.82, 2.24) is 20.6 Å². The first-order valence-corrected chi connectivity index (χ1v) is 14.9. The average Bonchev–Trinajstić information content (AvgIpc) is 3.53. The number of anilines is 1. The Morgan fingerprint density at radius 1 is 1.09 bits per heavy atom. The van der Waals surface area contributed by atoms with E-state index in [1.807, 2.05) is 0 Å². The number of nitrogens with two attached hydrogens (primary N) is 1. The largest absolute Gasteiger partial charge is 0.489 e. The second kappa shape index (κ2) is 11.6. The number of amides is 2. The van der Waals surface area contributed by atoms with Crippen LogP contribution >= 0.6 is 22.9 Å². The molecule has 10 nitrogen and oxygen atoms in total. The molecule has 0 saturated heterocycles. The number of halogens is 5. The molecule has 6 N–H and O–H groups in total. The third-order valence-electron chi connectivity index (χ3n) is 7.51. The normalized spacial score (nSPS) is 17.7. The first-order valence-electron chi connectivity index (χ1n) is 13.7. The molecule has 2 atom stereocenters. The quantitative estimate of drug-likeness (QED) is 0.171. The van der Waals surface area contributed by atoms with Crippen molar-refractivity contribution in [1.29, 1.82) is 0 Å². The molecule has 46 heavy (non-hydrogen) atoms. The molecule has 0 saturated carbocycles. The standard InChI is InChI=1S/C30H28ClF4N5O5S/c1-27(2,43)11-38-25(42)28(3)13-45-23-16(28)10-21(40-22(23)14-4-6-18(32)17(31)8-14)29(44,30(33,34)35)12-37-24(41)15-5-7-19-20(9-15)46-26(36)39-19/h4-10,43-44H,11-13H2,1-3H3,(H2,36,39)(H,37,41)(H,38,42)/t28-,29-/m0/s1. The number of thiazole rings is 1. The fraction of sp³-hybridized carbons (Fsp3) is 0.333. The van der Waals surface area contributed by atoms with Crippen LogP contribution in [0.4, 0.5) is 22.7 Å². The van der Waals surface area contributed by atoms with Gasteiger partial charge in [0.1, 0.15) is 29.3 Å². The molecule has 1 aliphatic heterocycles. The van der Waals surface area contributed by atoms with Gasteiger partial charge >= 0.3 is 6.18 Å². The monoisotopic (exact) mass is 681 g/mol. The summed E-state index contributed by atoms with van der Waals surface area (Å²) in [7, 11) is 0. The zero-order valence-corrected chi connectivity index (χ0v) is 26.1. The molecule has 0 fully saturated rings. The summed E-state index contributed by atoms with van der Waals surface area (Å²) >= 11 is 7.05. The Balaban J connectivity index is 1.60. The van der Waals surface area contributed by atoms with Gasteiger partial charge in [-0.2, -0.15) is 13.2 Å². The first-order chi connectivity index (χ1) is 21.3. The number of rotatable bonds is 8. The van der Waals surface area contributed by atoms with Crippen molar-refractivity contribution >= 4 is 50.1 Å². The van der Waals surface area contributed by atoms with E-state index in [0.717, 1.165) is 29.5 Å². The van der Waals surface area contributed by atoms with Gasteiger partial charge in [0.05, 0.1) is 33.1 Å². The first kappa shape index (κ1) is 33.3. The van der Waals surface area contributed by atoms with Crippen LogP contribution in [0.15, 0.2) is 42.5 Å². The zero-order valence-electron chi connectivity index (χ0n) is 24.6. The maximum absolute atomic E-state index is 14.8. The second-order valence-corrected chi connectivity index (χ2v) is 13.2. The number of fused-ring (bicyclic) bond motifs is 2. The molecular formula is C30H28ClF4N5O5S. The van der Waals surface area contributed by atoms with Gasteiger partial charge in [0, 0.05) is 23.2 Å². The molecule has 0 aliphatic carbocycles. The predicted molar refractivity (Wildman–Crippen MR) is 163 cm³/mol. The maximum atomic E-state index is 14.8. The molecule has 0 radical (unpaired) electrons. The SMILES string of the molecule is CC(C)(O)CNC(=O)[C@@]1(C)COc2c1cc([C@@](O)(CNC(=O)c1ccc3nc(N)sc3c1)C(F)(F)F)nc2-c1ccc(F)c(Cl)c1. The Morgan fingerprint density at radius 3 is 2.46 bits per heavy atom. The molecule has 1 aliphatic rings. The number of ether oxygens (including phenoxy) is 1. The summed E-state index contributed by atoms with van der Waals surface area (Å²) in [5.74, 6) is -2.50. The molecular weight excluding hydrogens is 654 g/mol. The summed E-state index contributed by atoms with van der Waals surface area (Å²) in [4.78, 5) is 34.6. The number of benzene rings is 2. The van der Waals surface area contributed by atoms with Crippen LogP contribution in [0.25, 0.3) is 21.5 Å². The summed E-state index contributed by atoms with van der Waals surface area (Å²) < 4.78 is 64.7. The van der Waals surface area contributed by atoms with Gasteiger partial charge in [-0.1, -0.05) is 22.9 Å². The van der Waals surface area contributed by atoms with Crippen LogP contribution in [0, 0.1) is 5.82 Å².